The molecule has 0 spiro atoms. The monoisotopic (exact) mass is 427 g/mol. The van der Waals surface area contributed by atoms with Crippen LogP contribution in [0.15, 0.2) is 72.8 Å². The summed E-state index contributed by atoms with van der Waals surface area (Å²) in [5.41, 5.74) is 5.24. The molecule has 0 saturated carbocycles. The summed E-state index contributed by atoms with van der Waals surface area (Å²) >= 11 is 0. The molecule has 1 N–H and O–H groups in total. The molecule has 0 radical (unpaired) electrons. The number of fused-ring (bicyclic) bond motifs is 1. The number of carbonyl (C=O) groups is 2. The van der Waals surface area contributed by atoms with Crippen LogP contribution < -0.4 is 0 Å². The second-order valence-electron chi connectivity index (χ2n) is 7.97. The Bertz CT molecular complexity index is 1260. The van der Waals surface area contributed by atoms with E-state index < -0.39 is 5.97 Å². The van der Waals surface area contributed by atoms with E-state index >= 15 is 0 Å². The molecule has 3 aromatic carbocycles. The van der Waals surface area contributed by atoms with Crippen LogP contribution in [0.1, 0.15) is 32.9 Å². The van der Waals surface area contributed by atoms with E-state index in [9.17, 15) is 14.7 Å². The minimum atomic E-state index is -1.05. The molecule has 1 amide bonds. The lowest BCUT2D eigenvalue weighted by atomic mass is 10.1. The van der Waals surface area contributed by atoms with Gasteiger partial charge in [0.1, 0.15) is 12.4 Å². The third-order valence-corrected chi connectivity index (χ3v) is 5.48. The lowest BCUT2D eigenvalue weighted by Crippen LogP contribution is -2.35. The fourth-order valence-corrected chi connectivity index (χ4v) is 3.81. The van der Waals surface area contributed by atoms with E-state index in [-0.39, 0.29) is 19.0 Å². The number of benzene rings is 3. The number of hydrogen-bond donors (Lipinski definition) is 1. The van der Waals surface area contributed by atoms with Crippen LogP contribution in [0.4, 0.5) is 0 Å². The Labute approximate surface area is 186 Å². The van der Waals surface area contributed by atoms with Crippen LogP contribution in [0.5, 0.6) is 0 Å². The maximum atomic E-state index is 13.2. The second kappa shape index (κ2) is 9.06. The summed E-state index contributed by atoms with van der Waals surface area (Å²) in [6.07, 6.45) is 0. The van der Waals surface area contributed by atoms with Gasteiger partial charge in [-0.15, -0.1) is 0 Å². The lowest BCUT2D eigenvalue weighted by Gasteiger charge is -2.21. The van der Waals surface area contributed by atoms with E-state index in [0.29, 0.717) is 12.1 Å². The Morgan fingerprint density at radius 2 is 1.66 bits per heavy atom. The minimum absolute atomic E-state index is 0.227. The first-order chi connectivity index (χ1) is 15.4. The Morgan fingerprint density at radius 3 is 2.34 bits per heavy atom. The van der Waals surface area contributed by atoms with Gasteiger partial charge < -0.3 is 14.6 Å². The molecule has 4 rings (SSSR count). The lowest BCUT2D eigenvalue weighted by molar-refractivity contribution is -0.137. The first-order valence-electron chi connectivity index (χ1n) is 10.5. The number of carboxylic acid groups (broad SMARTS) is 1. The number of nitrogens with zero attached hydrogens (tertiary/aromatic N) is 3. The zero-order chi connectivity index (χ0) is 22.7. The molecule has 1 aromatic heterocycles. The van der Waals surface area contributed by atoms with Gasteiger partial charge in [-0.3, -0.25) is 9.59 Å². The summed E-state index contributed by atoms with van der Waals surface area (Å²) < 4.78 is 2.11. The summed E-state index contributed by atoms with van der Waals surface area (Å²) in [5.74, 6) is -0.518. The number of carbonyl (C=O) groups excluding carboxylic acids is 1. The summed E-state index contributed by atoms with van der Waals surface area (Å²) in [5, 5.41) is 9.34. The van der Waals surface area contributed by atoms with Crippen molar-refractivity contribution < 1.29 is 14.7 Å². The average Bonchev–Trinajstić information content (AvgIpc) is 3.09. The van der Waals surface area contributed by atoms with Gasteiger partial charge in [0.2, 0.25) is 0 Å². The third kappa shape index (κ3) is 4.70. The standard InChI is InChI=1S/C26H25N3O3/c1-18-8-10-21(11-9-18)15-28(17-25(30)31)26(32)22-12-13-24-23(14-22)27-19(2)29(24)16-20-6-4-3-5-7-20/h3-14H,15-17H2,1-2H3,(H,30,31). The van der Waals surface area contributed by atoms with Gasteiger partial charge in [0.25, 0.3) is 5.91 Å². The quantitative estimate of drug-likeness (QED) is 0.473. The predicted octanol–water partition coefficient (Wildman–Crippen LogP) is 4.43. The third-order valence-electron chi connectivity index (χ3n) is 5.48. The van der Waals surface area contributed by atoms with Gasteiger partial charge in [-0.25, -0.2) is 4.98 Å². The summed E-state index contributed by atoms with van der Waals surface area (Å²) in [6, 6.07) is 23.2. The predicted molar refractivity (Wildman–Crippen MR) is 124 cm³/mol. The van der Waals surface area contributed by atoms with Crippen LogP contribution in [-0.4, -0.2) is 38.0 Å². The largest absolute Gasteiger partial charge is 0.480 e. The van der Waals surface area contributed by atoms with Crippen molar-refractivity contribution in [3.8, 4) is 0 Å². The van der Waals surface area contributed by atoms with Crippen molar-refractivity contribution in [3.63, 3.8) is 0 Å². The summed E-state index contributed by atoms with van der Waals surface area (Å²) in [6.45, 7) is 4.48. The van der Waals surface area contributed by atoms with Gasteiger partial charge in [0.15, 0.2) is 0 Å². The molecule has 0 aliphatic heterocycles. The number of imidazole rings is 1. The van der Waals surface area contributed by atoms with Crippen molar-refractivity contribution in [1.82, 2.24) is 14.5 Å². The van der Waals surface area contributed by atoms with E-state index in [0.717, 1.165) is 28.0 Å². The molecule has 6 heteroatoms. The molecule has 0 aliphatic carbocycles. The van der Waals surface area contributed by atoms with Gasteiger partial charge in [-0.1, -0.05) is 60.2 Å². The van der Waals surface area contributed by atoms with Crippen LogP contribution in [-0.2, 0) is 17.9 Å². The topological polar surface area (TPSA) is 75.4 Å². The zero-order valence-electron chi connectivity index (χ0n) is 18.2. The van der Waals surface area contributed by atoms with E-state index in [1.54, 1.807) is 12.1 Å². The van der Waals surface area contributed by atoms with Gasteiger partial charge in [-0.2, -0.15) is 0 Å². The Hall–Kier alpha value is -3.93. The molecule has 162 valence electrons. The second-order valence-corrected chi connectivity index (χ2v) is 7.97. The molecule has 0 atom stereocenters. The van der Waals surface area contributed by atoms with Crippen LogP contribution in [0.3, 0.4) is 0 Å². The molecule has 4 aromatic rings. The molecule has 32 heavy (non-hydrogen) atoms. The number of aryl methyl sites for hydroxylation is 2. The zero-order valence-corrected chi connectivity index (χ0v) is 18.2. The first kappa shape index (κ1) is 21.3. The van der Waals surface area contributed by atoms with Crippen molar-refractivity contribution in [1.29, 1.82) is 0 Å². The normalized spacial score (nSPS) is 10.9. The molecular weight excluding hydrogens is 402 g/mol. The van der Waals surface area contributed by atoms with Crippen LogP contribution in [0.2, 0.25) is 0 Å². The maximum Gasteiger partial charge on any atom is 0.323 e. The number of hydrogen-bond acceptors (Lipinski definition) is 3. The number of carboxylic acids is 1. The highest BCUT2D eigenvalue weighted by molar-refractivity contribution is 5.98. The van der Waals surface area contributed by atoms with Crippen molar-refractivity contribution in [3.05, 3.63) is 101 Å². The Morgan fingerprint density at radius 1 is 0.938 bits per heavy atom. The van der Waals surface area contributed by atoms with E-state index in [2.05, 4.69) is 21.7 Å². The van der Waals surface area contributed by atoms with Crippen LogP contribution in [0, 0.1) is 13.8 Å². The molecule has 0 unspecified atom stereocenters. The van der Waals surface area contributed by atoms with E-state index in [1.807, 2.05) is 62.4 Å². The maximum absolute atomic E-state index is 13.2. The molecule has 1 heterocycles. The van der Waals surface area contributed by atoms with Crippen LogP contribution >= 0.6 is 0 Å². The minimum Gasteiger partial charge on any atom is -0.480 e. The first-order valence-corrected chi connectivity index (χ1v) is 10.5. The number of amides is 1. The molecule has 0 fully saturated rings. The van der Waals surface area contributed by atoms with Crippen molar-refractivity contribution in [2.24, 2.45) is 0 Å². The molecule has 0 aliphatic rings. The molecule has 6 nitrogen and oxygen atoms in total. The fraction of sp³-hybridized carbons (Fsp3) is 0.192. The van der Waals surface area contributed by atoms with E-state index in [4.69, 9.17) is 0 Å². The smallest absolute Gasteiger partial charge is 0.323 e. The van der Waals surface area contributed by atoms with Crippen molar-refractivity contribution >= 4 is 22.9 Å². The van der Waals surface area contributed by atoms with Gasteiger partial charge in [-0.05, 0) is 43.2 Å². The molecule has 0 bridgehead atoms. The molecular formula is C26H25N3O3. The van der Waals surface area contributed by atoms with Crippen molar-refractivity contribution in [2.45, 2.75) is 26.9 Å². The SMILES string of the molecule is Cc1ccc(CN(CC(=O)O)C(=O)c2ccc3c(c2)nc(C)n3Cc2ccccc2)cc1. The van der Waals surface area contributed by atoms with Gasteiger partial charge in [0, 0.05) is 18.7 Å². The van der Waals surface area contributed by atoms with Crippen molar-refractivity contribution in [2.75, 3.05) is 6.54 Å². The Balaban J connectivity index is 1.62. The van der Waals surface area contributed by atoms with E-state index in [1.165, 1.54) is 10.5 Å². The highest BCUT2D eigenvalue weighted by atomic mass is 16.4. The summed E-state index contributed by atoms with van der Waals surface area (Å²) in [4.78, 5) is 30.6. The molecule has 0 saturated heterocycles. The Kier molecular flexibility index (Phi) is 6.03. The number of aromatic nitrogens is 2. The highest BCUT2D eigenvalue weighted by Crippen LogP contribution is 2.21. The number of rotatable bonds is 7. The average molecular weight is 428 g/mol. The highest BCUT2D eigenvalue weighted by Gasteiger charge is 2.20. The van der Waals surface area contributed by atoms with Gasteiger partial charge in [0.05, 0.1) is 11.0 Å². The fourth-order valence-electron chi connectivity index (χ4n) is 3.81. The van der Waals surface area contributed by atoms with Gasteiger partial charge >= 0.3 is 5.97 Å². The number of aliphatic carboxylic acids is 1. The summed E-state index contributed by atoms with van der Waals surface area (Å²) in [7, 11) is 0. The van der Waals surface area contributed by atoms with Crippen LogP contribution in [0.25, 0.3) is 11.0 Å².